The first kappa shape index (κ1) is 15.3. The van der Waals surface area contributed by atoms with E-state index < -0.39 is 0 Å². The molecule has 0 spiro atoms. The highest BCUT2D eigenvalue weighted by atomic mass is 35.5. The predicted octanol–water partition coefficient (Wildman–Crippen LogP) is 5.11. The van der Waals surface area contributed by atoms with E-state index in [-0.39, 0.29) is 6.61 Å². The summed E-state index contributed by atoms with van der Waals surface area (Å²) < 4.78 is 5.22. The molecule has 6 heteroatoms. The van der Waals surface area contributed by atoms with Crippen molar-refractivity contribution in [3.05, 3.63) is 58.9 Å². The van der Waals surface area contributed by atoms with Crippen LogP contribution in [0.1, 0.15) is 0 Å². The Bertz CT molecular complexity index is 840. The number of halogens is 1. The molecule has 4 nitrogen and oxygen atoms in total. The maximum Gasteiger partial charge on any atom is 0.187 e. The molecular weight excluding hydrogens is 330 g/mol. The van der Waals surface area contributed by atoms with Gasteiger partial charge >= 0.3 is 0 Å². The Morgan fingerprint density at radius 1 is 1.17 bits per heavy atom. The van der Waals surface area contributed by atoms with E-state index in [4.69, 9.17) is 21.6 Å². The van der Waals surface area contributed by atoms with E-state index in [9.17, 15) is 0 Å². The van der Waals surface area contributed by atoms with Crippen LogP contribution in [0.5, 0.6) is 5.75 Å². The van der Waals surface area contributed by atoms with Crippen molar-refractivity contribution in [1.82, 2.24) is 4.98 Å². The summed E-state index contributed by atoms with van der Waals surface area (Å²) in [5, 5.41) is 15.2. The molecular formula is C17H12ClN3OS. The SMILES string of the molecule is N#CCOc1ccc(Nc2nc(-c3ccccc3Cl)cs2)cc1. The van der Waals surface area contributed by atoms with Crippen molar-refractivity contribution in [2.75, 3.05) is 11.9 Å². The van der Waals surface area contributed by atoms with Gasteiger partial charge in [0, 0.05) is 21.7 Å². The Morgan fingerprint density at radius 3 is 2.70 bits per heavy atom. The van der Waals surface area contributed by atoms with E-state index in [0.717, 1.165) is 22.1 Å². The van der Waals surface area contributed by atoms with Gasteiger partial charge in [-0.3, -0.25) is 0 Å². The number of rotatable bonds is 5. The van der Waals surface area contributed by atoms with Crippen LogP contribution in [0.25, 0.3) is 11.3 Å². The van der Waals surface area contributed by atoms with Crippen LogP contribution in [0, 0.1) is 11.3 Å². The first-order chi connectivity index (χ1) is 11.3. The summed E-state index contributed by atoms with van der Waals surface area (Å²) in [7, 11) is 0. The number of ether oxygens (including phenoxy) is 1. The molecule has 23 heavy (non-hydrogen) atoms. The Hall–Kier alpha value is -2.55. The van der Waals surface area contributed by atoms with Crippen molar-refractivity contribution in [3.8, 4) is 23.1 Å². The average Bonchev–Trinajstić information content (AvgIpc) is 3.03. The van der Waals surface area contributed by atoms with E-state index in [2.05, 4.69) is 10.3 Å². The molecule has 1 N–H and O–H groups in total. The lowest BCUT2D eigenvalue weighted by atomic mass is 10.2. The lowest BCUT2D eigenvalue weighted by Crippen LogP contribution is -1.94. The minimum Gasteiger partial charge on any atom is -0.479 e. The highest BCUT2D eigenvalue weighted by molar-refractivity contribution is 7.14. The first-order valence-electron chi connectivity index (χ1n) is 6.83. The van der Waals surface area contributed by atoms with Gasteiger partial charge < -0.3 is 10.1 Å². The summed E-state index contributed by atoms with van der Waals surface area (Å²) in [5.41, 5.74) is 2.66. The van der Waals surface area contributed by atoms with Crippen LogP contribution in [0.4, 0.5) is 10.8 Å². The summed E-state index contributed by atoms with van der Waals surface area (Å²) in [6.07, 6.45) is 0. The molecule has 0 atom stereocenters. The summed E-state index contributed by atoms with van der Waals surface area (Å²) in [5.74, 6) is 0.660. The number of nitrogens with zero attached hydrogens (tertiary/aromatic N) is 2. The minimum atomic E-state index is 0.0421. The second kappa shape index (κ2) is 7.14. The van der Waals surface area contributed by atoms with Crippen molar-refractivity contribution >= 4 is 33.8 Å². The molecule has 0 saturated heterocycles. The van der Waals surface area contributed by atoms with E-state index in [1.165, 1.54) is 11.3 Å². The van der Waals surface area contributed by atoms with E-state index in [0.29, 0.717) is 10.8 Å². The lowest BCUT2D eigenvalue weighted by molar-refractivity contribution is 0.368. The van der Waals surface area contributed by atoms with Crippen LogP contribution in [0.15, 0.2) is 53.9 Å². The zero-order valence-corrected chi connectivity index (χ0v) is 13.6. The topological polar surface area (TPSA) is 57.9 Å². The van der Waals surface area contributed by atoms with Crippen LogP contribution < -0.4 is 10.1 Å². The van der Waals surface area contributed by atoms with Gasteiger partial charge in [0.15, 0.2) is 11.7 Å². The Morgan fingerprint density at radius 2 is 1.96 bits per heavy atom. The molecule has 0 fully saturated rings. The monoisotopic (exact) mass is 341 g/mol. The van der Waals surface area contributed by atoms with Crippen LogP contribution in [0.2, 0.25) is 5.02 Å². The molecule has 0 radical (unpaired) electrons. The summed E-state index contributed by atoms with van der Waals surface area (Å²) in [4.78, 5) is 4.56. The van der Waals surface area contributed by atoms with Crippen molar-refractivity contribution < 1.29 is 4.74 Å². The largest absolute Gasteiger partial charge is 0.479 e. The van der Waals surface area contributed by atoms with Gasteiger partial charge in [0.2, 0.25) is 0 Å². The van der Waals surface area contributed by atoms with Crippen LogP contribution >= 0.6 is 22.9 Å². The normalized spacial score (nSPS) is 10.1. The summed E-state index contributed by atoms with van der Waals surface area (Å²) in [6, 6.07) is 16.9. The van der Waals surface area contributed by atoms with Crippen LogP contribution in [-0.2, 0) is 0 Å². The fraction of sp³-hybridized carbons (Fsp3) is 0.0588. The molecule has 114 valence electrons. The predicted molar refractivity (Wildman–Crippen MR) is 93.4 cm³/mol. The molecule has 0 amide bonds. The molecule has 0 aliphatic carbocycles. The maximum atomic E-state index is 8.49. The van der Waals surface area contributed by atoms with Gasteiger partial charge in [-0.2, -0.15) is 5.26 Å². The number of hydrogen-bond donors (Lipinski definition) is 1. The second-order valence-corrected chi connectivity index (χ2v) is 5.88. The quantitative estimate of drug-likeness (QED) is 0.700. The van der Waals surface area contributed by atoms with Crippen molar-refractivity contribution in [1.29, 1.82) is 5.26 Å². The number of nitrogens with one attached hydrogen (secondary N) is 1. The molecule has 3 aromatic rings. The molecule has 0 aliphatic heterocycles. The number of nitriles is 1. The van der Waals surface area contributed by atoms with Gasteiger partial charge in [-0.25, -0.2) is 4.98 Å². The second-order valence-electron chi connectivity index (χ2n) is 4.61. The molecule has 0 bridgehead atoms. The molecule has 2 aromatic carbocycles. The minimum absolute atomic E-state index is 0.0421. The number of thiazole rings is 1. The Balaban J connectivity index is 1.72. The summed E-state index contributed by atoms with van der Waals surface area (Å²) >= 11 is 7.71. The van der Waals surface area contributed by atoms with Gasteiger partial charge in [-0.15, -0.1) is 11.3 Å². The number of hydrogen-bond acceptors (Lipinski definition) is 5. The first-order valence-corrected chi connectivity index (χ1v) is 8.09. The lowest BCUT2D eigenvalue weighted by Gasteiger charge is -2.05. The molecule has 0 aliphatic rings. The van der Waals surface area contributed by atoms with E-state index >= 15 is 0 Å². The van der Waals surface area contributed by atoms with Gasteiger partial charge in [0.05, 0.1) is 5.69 Å². The van der Waals surface area contributed by atoms with Crippen LogP contribution in [-0.4, -0.2) is 11.6 Å². The Labute approximate surface area is 142 Å². The van der Waals surface area contributed by atoms with Gasteiger partial charge in [-0.1, -0.05) is 29.8 Å². The van der Waals surface area contributed by atoms with Crippen molar-refractivity contribution in [3.63, 3.8) is 0 Å². The molecule has 0 saturated carbocycles. The Kier molecular flexibility index (Phi) is 4.77. The maximum absolute atomic E-state index is 8.49. The van der Waals surface area contributed by atoms with E-state index in [1.807, 2.05) is 60.0 Å². The third-order valence-corrected chi connectivity index (χ3v) is 4.15. The number of aromatic nitrogens is 1. The number of benzene rings is 2. The molecule has 3 rings (SSSR count). The van der Waals surface area contributed by atoms with Gasteiger partial charge in [0.1, 0.15) is 11.8 Å². The van der Waals surface area contributed by atoms with E-state index in [1.54, 1.807) is 0 Å². The highest BCUT2D eigenvalue weighted by Crippen LogP contribution is 2.31. The third-order valence-electron chi connectivity index (χ3n) is 3.06. The molecule has 1 aromatic heterocycles. The van der Waals surface area contributed by atoms with Crippen LogP contribution in [0.3, 0.4) is 0 Å². The smallest absolute Gasteiger partial charge is 0.187 e. The van der Waals surface area contributed by atoms with Gasteiger partial charge in [-0.05, 0) is 30.3 Å². The standard InChI is InChI=1S/C17H12ClN3OS/c18-15-4-2-1-3-14(15)16-11-23-17(21-16)20-12-5-7-13(8-6-12)22-10-9-19/h1-8,11H,10H2,(H,20,21). The summed E-state index contributed by atoms with van der Waals surface area (Å²) in [6.45, 7) is 0.0421. The molecule has 0 unspecified atom stereocenters. The number of anilines is 2. The highest BCUT2D eigenvalue weighted by Gasteiger charge is 2.08. The fourth-order valence-electron chi connectivity index (χ4n) is 2.00. The van der Waals surface area contributed by atoms with Gasteiger partial charge in [0.25, 0.3) is 0 Å². The third kappa shape index (κ3) is 3.81. The van der Waals surface area contributed by atoms with Crippen molar-refractivity contribution in [2.24, 2.45) is 0 Å². The van der Waals surface area contributed by atoms with Crippen molar-refractivity contribution in [2.45, 2.75) is 0 Å². The molecule has 1 heterocycles. The average molecular weight is 342 g/mol. The fourth-order valence-corrected chi connectivity index (χ4v) is 2.96. The zero-order valence-electron chi connectivity index (χ0n) is 12.0. The zero-order chi connectivity index (χ0) is 16.1.